The van der Waals surface area contributed by atoms with Crippen molar-refractivity contribution in [2.45, 2.75) is 13.5 Å². The van der Waals surface area contributed by atoms with Crippen molar-refractivity contribution >= 4 is 29.1 Å². The molecule has 0 spiro atoms. The molecule has 4 rings (SSSR count). The number of para-hydroxylation sites is 1. The van der Waals surface area contributed by atoms with Crippen LogP contribution < -0.4 is 5.32 Å². The van der Waals surface area contributed by atoms with Gasteiger partial charge in [-0.15, -0.1) is 11.3 Å². The van der Waals surface area contributed by atoms with E-state index in [2.05, 4.69) is 10.5 Å². The highest BCUT2D eigenvalue weighted by Crippen LogP contribution is 2.31. The first kappa shape index (κ1) is 22.4. The van der Waals surface area contributed by atoms with E-state index in [4.69, 9.17) is 4.84 Å². The molecule has 1 heterocycles. The van der Waals surface area contributed by atoms with Gasteiger partial charge in [0.1, 0.15) is 18.2 Å². The van der Waals surface area contributed by atoms with Crippen LogP contribution in [0.2, 0.25) is 0 Å². The highest BCUT2D eigenvalue weighted by atomic mass is 32.1. The summed E-state index contributed by atoms with van der Waals surface area (Å²) in [5, 5.41) is 8.38. The fourth-order valence-electron chi connectivity index (χ4n) is 3.27. The molecule has 0 aliphatic rings. The molecule has 0 saturated carbocycles. The summed E-state index contributed by atoms with van der Waals surface area (Å²) in [6.07, 6.45) is 1.02. The Kier molecular flexibility index (Phi) is 6.90. The smallest absolute Gasteiger partial charge is 0.266 e. The van der Waals surface area contributed by atoms with Crippen LogP contribution in [-0.4, -0.2) is 12.1 Å². The van der Waals surface area contributed by atoms with E-state index in [0.717, 1.165) is 17.3 Å². The van der Waals surface area contributed by atoms with Gasteiger partial charge in [-0.25, -0.2) is 8.78 Å². The lowest BCUT2D eigenvalue weighted by atomic mass is 10.0. The number of amides is 1. The fourth-order valence-corrected chi connectivity index (χ4v) is 4.09. The number of carbonyl (C=O) groups excluding carboxylic acids is 1. The SMILES string of the molecule is Cc1ccsc1C(=O)Nc1ccccc1-c1cc(F)c(C=NOCc2ccccc2)c(F)c1. The van der Waals surface area contributed by atoms with Gasteiger partial charge in [0, 0.05) is 11.3 Å². The number of benzene rings is 3. The third-order valence-electron chi connectivity index (χ3n) is 4.96. The Bertz CT molecular complexity index is 1280. The normalized spacial score (nSPS) is 11.0. The molecule has 166 valence electrons. The van der Waals surface area contributed by atoms with Gasteiger partial charge < -0.3 is 10.2 Å². The van der Waals surface area contributed by atoms with Gasteiger partial charge in [0.2, 0.25) is 0 Å². The molecule has 0 unspecified atom stereocenters. The first-order chi connectivity index (χ1) is 16.0. The summed E-state index contributed by atoms with van der Waals surface area (Å²) in [5.74, 6) is -1.84. The second-order valence-corrected chi connectivity index (χ2v) is 8.20. The topological polar surface area (TPSA) is 50.7 Å². The molecule has 4 nitrogen and oxygen atoms in total. The van der Waals surface area contributed by atoms with Crippen molar-refractivity contribution in [3.63, 3.8) is 0 Å². The number of hydrogen-bond donors (Lipinski definition) is 1. The number of nitrogens with one attached hydrogen (secondary N) is 1. The van der Waals surface area contributed by atoms with Crippen molar-refractivity contribution in [1.82, 2.24) is 0 Å². The maximum absolute atomic E-state index is 14.7. The molecule has 1 aromatic heterocycles. The number of halogens is 2. The van der Waals surface area contributed by atoms with Gasteiger partial charge >= 0.3 is 0 Å². The molecule has 0 aliphatic heterocycles. The maximum Gasteiger partial charge on any atom is 0.266 e. The number of aryl methyl sites for hydroxylation is 1. The molecule has 4 aromatic rings. The summed E-state index contributed by atoms with van der Waals surface area (Å²) >= 11 is 1.33. The summed E-state index contributed by atoms with van der Waals surface area (Å²) in [6, 6.07) is 20.5. The zero-order valence-corrected chi connectivity index (χ0v) is 18.5. The predicted octanol–water partition coefficient (Wildman–Crippen LogP) is 6.80. The molecule has 0 atom stereocenters. The second-order valence-electron chi connectivity index (χ2n) is 7.28. The van der Waals surface area contributed by atoms with E-state index in [0.29, 0.717) is 21.7 Å². The summed E-state index contributed by atoms with van der Waals surface area (Å²) in [4.78, 5) is 18.4. The summed E-state index contributed by atoms with van der Waals surface area (Å²) in [5.41, 5.74) is 2.71. The van der Waals surface area contributed by atoms with Crippen molar-refractivity contribution in [3.05, 3.63) is 111 Å². The van der Waals surface area contributed by atoms with Crippen molar-refractivity contribution in [1.29, 1.82) is 0 Å². The summed E-state index contributed by atoms with van der Waals surface area (Å²) in [6.45, 7) is 2.04. The molecule has 0 bridgehead atoms. The van der Waals surface area contributed by atoms with Gasteiger partial charge in [0.25, 0.3) is 5.91 Å². The Hall–Kier alpha value is -3.84. The molecular formula is C26H20F2N2O2S. The van der Waals surface area contributed by atoms with Crippen molar-refractivity contribution in [2.24, 2.45) is 5.16 Å². The molecular weight excluding hydrogens is 442 g/mol. The van der Waals surface area contributed by atoms with E-state index in [-0.39, 0.29) is 18.1 Å². The van der Waals surface area contributed by atoms with Crippen LogP contribution in [0.1, 0.15) is 26.4 Å². The Balaban J connectivity index is 1.54. The first-order valence-corrected chi connectivity index (χ1v) is 11.0. The molecule has 1 amide bonds. The molecule has 3 aromatic carbocycles. The molecule has 33 heavy (non-hydrogen) atoms. The van der Waals surface area contributed by atoms with Crippen molar-refractivity contribution in [2.75, 3.05) is 5.32 Å². The minimum absolute atomic E-state index is 0.190. The van der Waals surface area contributed by atoms with Crippen LogP contribution in [0.3, 0.4) is 0 Å². The van der Waals surface area contributed by atoms with Gasteiger partial charge in [-0.1, -0.05) is 53.7 Å². The Morgan fingerprint density at radius 1 is 1.03 bits per heavy atom. The zero-order chi connectivity index (χ0) is 23.2. The number of thiophene rings is 1. The van der Waals surface area contributed by atoms with E-state index in [9.17, 15) is 13.6 Å². The van der Waals surface area contributed by atoms with Crippen molar-refractivity contribution in [3.8, 4) is 11.1 Å². The number of carbonyl (C=O) groups is 1. The third kappa shape index (κ3) is 5.32. The molecule has 0 fully saturated rings. The van der Waals surface area contributed by atoms with Crippen LogP contribution in [-0.2, 0) is 11.4 Å². The monoisotopic (exact) mass is 462 g/mol. The Morgan fingerprint density at radius 3 is 2.42 bits per heavy atom. The number of nitrogens with zero attached hydrogens (tertiary/aromatic N) is 1. The number of anilines is 1. The van der Waals surface area contributed by atoms with Crippen LogP contribution in [0.4, 0.5) is 14.5 Å². The van der Waals surface area contributed by atoms with Crippen LogP contribution >= 0.6 is 11.3 Å². The number of hydrogen-bond acceptors (Lipinski definition) is 4. The lowest BCUT2D eigenvalue weighted by molar-refractivity contribution is 0.103. The van der Waals surface area contributed by atoms with Crippen LogP contribution in [0.15, 0.2) is 83.3 Å². The third-order valence-corrected chi connectivity index (χ3v) is 5.98. The average molecular weight is 463 g/mol. The minimum atomic E-state index is -0.785. The lowest BCUT2D eigenvalue weighted by Gasteiger charge is -2.12. The van der Waals surface area contributed by atoms with Gasteiger partial charge in [-0.05, 0) is 53.3 Å². The minimum Gasteiger partial charge on any atom is -0.391 e. The fraction of sp³-hybridized carbons (Fsp3) is 0.0769. The average Bonchev–Trinajstić information content (AvgIpc) is 3.25. The Morgan fingerprint density at radius 2 is 1.73 bits per heavy atom. The highest BCUT2D eigenvalue weighted by molar-refractivity contribution is 7.12. The van der Waals surface area contributed by atoms with E-state index in [1.165, 1.54) is 23.5 Å². The maximum atomic E-state index is 14.7. The van der Waals surface area contributed by atoms with E-state index in [1.54, 1.807) is 24.3 Å². The quantitative estimate of drug-likeness (QED) is 0.242. The molecule has 0 saturated heterocycles. The molecule has 7 heteroatoms. The first-order valence-electron chi connectivity index (χ1n) is 10.2. The van der Waals surface area contributed by atoms with Gasteiger partial charge in [-0.3, -0.25) is 4.79 Å². The molecule has 1 N–H and O–H groups in total. The number of oxime groups is 1. The van der Waals surface area contributed by atoms with Crippen LogP contribution in [0, 0.1) is 18.6 Å². The summed E-state index contributed by atoms with van der Waals surface area (Å²) < 4.78 is 29.5. The summed E-state index contributed by atoms with van der Waals surface area (Å²) in [7, 11) is 0. The number of rotatable bonds is 7. The van der Waals surface area contributed by atoms with Crippen LogP contribution in [0.5, 0.6) is 0 Å². The highest BCUT2D eigenvalue weighted by Gasteiger charge is 2.16. The van der Waals surface area contributed by atoms with Gasteiger partial charge in [0.15, 0.2) is 0 Å². The van der Waals surface area contributed by atoms with E-state index < -0.39 is 11.6 Å². The van der Waals surface area contributed by atoms with Crippen LogP contribution in [0.25, 0.3) is 11.1 Å². The van der Waals surface area contributed by atoms with E-state index >= 15 is 0 Å². The van der Waals surface area contributed by atoms with Gasteiger partial charge in [0.05, 0.1) is 16.7 Å². The largest absolute Gasteiger partial charge is 0.391 e. The zero-order valence-electron chi connectivity index (χ0n) is 17.7. The lowest BCUT2D eigenvalue weighted by Crippen LogP contribution is -2.12. The standard InChI is InChI=1S/C26H20F2N2O2S/c1-17-11-12-33-25(17)26(31)30-24-10-6-5-9-20(24)19-13-22(27)21(23(28)14-19)15-29-32-16-18-7-3-2-4-8-18/h2-15H,16H2,1H3,(H,30,31). The predicted molar refractivity (Wildman–Crippen MR) is 128 cm³/mol. The van der Waals surface area contributed by atoms with Gasteiger partial charge in [-0.2, -0.15) is 0 Å². The molecule has 0 radical (unpaired) electrons. The van der Waals surface area contributed by atoms with Crippen molar-refractivity contribution < 1.29 is 18.4 Å². The second kappa shape index (κ2) is 10.2. The van der Waals surface area contributed by atoms with E-state index in [1.807, 2.05) is 48.7 Å². The Labute approximate surface area is 194 Å². The molecule has 0 aliphatic carbocycles.